The molecule has 2 aromatic rings. The Kier molecular flexibility index (Phi) is 10.8. The molecule has 134 valence electrons. The van der Waals surface area contributed by atoms with Crippen molar-refractivity contribution in [3.63, 3.8) is 0 Å². The second kappa shape index (κ2) is 12.6. The van der Waals surface area contributed by atoms with Crippen LogP contribution < -0.4 is 0 Å². The smallest absolute Gasteiger partial charge is 0.0809 e. The molecule has 2 heterocycles. The lowest BCUT2D eigenvalue weighted by Gasteiger charge is -2.04. The van der Waals surface area contributed by atoms with Crippen molar-refractivity contribution in [2.24, 2.45) is 0 Å². The summed E-state index contributed by atoms with van der Waals surface area (Å²) in [5, 5.41) is 0. The molecule has 0 fully saturated rings. The monoisotopic (exact) mass is 494 g/mol. The highest BCUT2D eigenvalue weighted by Gasteiger charge is 1.99. The minimum absolute atomic E-state index is 0.744. The first-order valence-corrected chi connectivity index (χ1v) is 11.6. The van der Waals surface area contributed by atoms with Crippen molar-refractivity contribution in [1.82, 2.24) is 0 Å². The molecule has 0 aliphatic rings. The summed E-state index contributed by atoms with van der Waals surface area (Å²) in [6.45, 7) is 3.23. The summed E-state index contributed by atoms with van der Waals surface area (Å²) in [5.41, 5.74) is 0. The molecule has 0 atom stereocenters. The summed E-state index contributed by atoms with van der Waals surface area (Å²) < 4.78 is 13.8. The lowest BCUT2D eigenvalue weighted by molar-refractivity contribution is 0.116. The first-order chi connectivity index (χ1) is 11.7. The Morgan fingerprint density at radius 2 is 1.04 bits per heavy atom. The molecule has 0 saturated carbocycles. The molecule has 0 aliphatic heterocycles. The lowest BCUT2D eigenvalue weighted by atomic mass is 10.1. The van der Waals surface area contributed by atoms with Gasteiger partial charge in [-0.05, 0) is 69.0 Å². The van der Waals surface area contributed by atoms with E-state index in [1.165, 1.54) is 43.0 Å². The normalized spacial score (nSPS) is 11.2. The summed E-state index contributed by atoms with van der Waals surface area (Å²) in [4.78, 5) is 2.58. The van der Waals surface area contributed by atoms with Gasteiger partial charge in [0.05, 0.1) is 20.8 Å². The van der Waals surface area contributed by atoms with Crippen LogP contribution in [0.25, 0.3) is 0 Å². The summed E-state index contributed by atoms with van der Waals surface area (Å²) in [6, 6.07) is 8.39. The van der Waals surface area contributed by atoms with Crippen LogP contribution in [0.5, 0.6) is 0 Å². The molecule has 0 aromatic carbocycles. The Balaban J connectivity index is 1.32. The van der Waals surface area contributed by atoms with Crippen LogP contribution in [0, 0.1) is 0 Å². The van der Waals surface area contributed by atoms with Gasteiger partial charge in [0.2, 0.25) is 0 Å². The van der Waals surface area contributed by atoms with E-state index >= 15 is 0 Å². The Labute approximate surface area is 169 Å². The minimum atomic E-state index is 0.744. The van der Waals surface area contributed by atoms with Gasteiger partial charge in [-0.3, -0.25) is 0 Å². The van der Waals surface area contributed by atoms with Crippen LogP contribution in [0.15, 0.2) is 31.8 Å². The van der Waals surface area contributed by atoms with Crippen LogP contribution in [-0.4, -0.2) is 13.2 Å². The van der Waals surface area contributed by atoms with E-state index in [0.29, 0.717) is 0 Å². The molecule has 0 unspecified atom stereocenters. The first kappa shape index (κ1) is 20.6. The van der Waals surface area contributed by atoms with Gasteiger partial charge in [0.25, 0.3) is 0 Å². The van der Waals surface area contributed by atoms with Gasteiger partial charge in [-0.25, -0.2) is 0 Å². The predicted molar refractivity (Wildman–Crippen MR) is 111 cm³/mol. The Hall–Kier alpha value is 0.280. The minimum Gasteiger partial charge on any atom is -0.376 e. The van der Waals surface area contributed by atoms with Crippen molar-refractivity contribution in [2.75, 3.05) is 13.2 Å². The van der Waals surface area contributed by atoms with Crippen LogP contribution in [-0.2, 0) is 22.7 Å². The fourth-order valence-electron chi connectivity index (χ4n) is 2.32. The Bertz CT molecular complexity index is 519. The molecule has 0 bridgehead atoms. The highest BCUT2D eigenvalue weighted by atomic mass is 79.9. The molecule has 24 heavy (non-hydrogen) atoms. The molecule has 0 radical (unpaired) electrons. The summed E-state index contributed by atoms with van der Waals surface area (Å²) in [5.74, 6) is 0. The largest absolute Gasteiger partial charge is 0.376 e. The quantitative estimate of drug-likeness (QED) is 0.269. The van der Waals surface area contributed by atoms with Crippen LogP contribution in [0.3, 0.4) is 0 Å². The van der Waals surface area contributed by atoms with Crippen molar-refractivity contribution in [3.8, 4) is 0 Å². The van der Waals surface area contributed by atoms with Gasteiger partial charge < -0.3 is 9.47 Å². The van der Waals surface area contributed by atoms with E-state index in [4.69, 9.17) is 9.47 Å². The standard InChI is InChI=1S/C18H24Br2O2S2/c19-17-9-7-15(23-17)13-21-11-5-3-1-2-4-6-12-22-14-16-8-10-18(20)24-16/h7-10H,1-6,11-14H2. The Morgan fingerprint density at radius 1 is 0.625 bits per heavy atom. The van der Waals surface area contributed by atoms with Gasteiger partial charge in [-0.2, -0.15) is 0 Å². The third-order valence-electron chi connectivity index (χ3n) is 3.57. The van der Waals surface area contributed by atoms with E-state index < -0.39 is 0 Å². The predicted octanol–water partition coefficient (Wildman–Crippen LogP) is 7.41. The number of thiophene rings is 2. The van der Waals surface area contributed by atoms with E-state index in [1.807, 2.05) is 0 Å². The molecule has 0 N–H and O–H groups in total. The van der Waals surface area contributed by atoms with E-state index in [0.717, 1.165) is 39.3 Å². The van der Waals surface area contributed by atoms with Crippen molar-refractivity contribution in [3.05, 3.63) is 41.6 Å². The average Bonchev–Trinajstić information content (AvgIpc) is 3.17. The van der Waals surface area contributed by atoms with Crippen LogP contribution in [0.4, 0.5) is 0 Å². The topological polar surface area (TPSA) is 18.5 Å². The third-order valence-corrected chi connectivity index (χ3v) is 6.77. The van der Waals surface area contributed by atoms with E-state index in [-0.39, 0.29) is 0 Å². The molecule has 2 aromatic heterocycles. The molecule has 2 rings (SSSR count). The SMILES string of the molecule is Brc1ccc(COCCCCCCCCOCc2ccc(Br)s2)s1. The maximum atomic E-state index is 5.70. The summed E-state index contributed by atoms with van der Waals surface area (Å²) in [6.07, 6.45) is 7.45. The number of halogens is 2. The fourth-order valence-corrected chi connectivity index (χ4v) is 5.16. The molecule has 0 spiro atoms. The van der Waals surface area contributed by atoms with E-state index in [1.54, 1.807) is 22.7 Å². The van der Waals surface area contributed by atoms with Gasteiger partial charge in [0.1, 0.15) is 0 Å². The maximum absolute atomic E-state index is 5.70. The number of unbranched alkanes of at least 4 members (excludes halogenated alkanes) is 5. The van der Waals surface area contributed by atoms with Crippen molar-refractivity contribution in [1.29, 1.82) is 0 Å². The van der Waals surface area contributed by atoms with Gasteiger partial charge in [0, 0.05) is 23.0 Å². The van der Waals surface area contributed by atoms with Gasteiger partial charge in [0.15, 0.2) is 0 Å². The zero-order chi connectivity index (χ0) is 17.0. The second-order valence-corrected chi connectivity index (χ2v) is 10.7. The van der Waals surface area contributed by atoms with Gasteiger partial charge in [-0.15, -0.1) is 22.7 Å². The van der Waals surface area contributed by atoms with E-state index in [2.05, 4.69) is 56.1 Å². The first-order valence-electron chi connectivity index (χ1n) is 8.38. The number of hydrogen-bond donors (Lipinski definition) is 0. The highest BCUT2D eigenvalue weighted by Crippen LogP contribution is 2.23. The van der Waals surface area contributed by atoms with E-state index in [9.17, 15) is 0 Å². The van der Waals surface area contributed by atoms with Crippen LogP contribution >= 0.6 is 54.5 Å². The molecular formula is C18H24Br2O2S2. The molecule has 0 saturated heterocycles. The van der Waals surface area contributed by atoms with Crippen molar-refractivity contribution < 1.29 is 9.47 Å². The third kappa shape index (κ3) is 9.11. The number of ether oxygens (including phenoxy) is 2. The van der Waals surface area contributed by atoms with Crippen molar-refractivity contribution in [2.45, 2.75) is 51.7 Å². The summed E-state index contributed by atoms with van der Waals surface area (Å²) >= 11 is 10.4. The lowest BCUT2D eigenvalue weighted by Crippen LogP contribution is -1.95. The zero-order valence-corrected chi connectivity index (χ0v) is 18.6. The second-order valence-electron chi connectivity index (χ2n) is 5.64. The maximum Gasteiger partial charge on any atom is 0.0809 e. The zero-order valence-electron chi connectivity index (χ0n) is 13.8. The van der Waals surface area contributed by atoms with Gasteiger partial charge in [-0.1, -0.05) is 25.7 Å². The molecule has 0 amide bonds. The number of rotatable bonds is 13. The number of hydrogen-bond acceptors (Lipinski definition) is 4. The molecule has 2 nitrogen and oxygen atoms in total. The molecule has 6 heteroatoms. The fraction of sp³-hybridized carbons (Fsp3) is 0.556. The van der Waals surface area contributed by atoms with Crippen LogP contribution in [0.1, 0.15) is 48.3 Å². The van der Waals surface area contributed by atoms with Crippen LogP contribution in [0.2, 0.25) is 0 Å². The Morgan fingerprint density at radius 3 is 1.42 bits per heavy atom. The van der Waals surface area contributed by atoms with Crippen molar-refractivity contribution >= 4 is 54.5 Å². The van der Waals surface area contributed by atoms with Gasteiger partial charge >= 0.3 is 0 Å². The molecule has 0 aliphatic carbocycles. The highest BCUT2D eigenvalue weighted by molar-refractivity contribution is 9.11. The molecular weight excluding hydrogens is 472 g/mol. The summed E-state index contributed by atoms with van der Waals surface area (Å²) in [7, 11) is 0. The average molecular weight is 496 g/mol.